The third-order valence-corrected chi connectivity index (χ3v) is 2.31. The lowest BCUT2D eigenvalue weighted by molar-refractivity contribution is 0.838. The van der Waals surface area contributed by atoms with Crippen molar-refractivity contribution < 1.29 is 0 Å². The van der Waals surface area contributed by atoms with Gasteiger partial charge in [0.15, 0.2) is 5.96 Å². The summed E-state index contributed by atoms with van der Waals surface area (Å²) in [5, 5.41) is 9.33. The van der Waals surface area contributed by atoms with Gasteiger partial charge >= 0.3 is 0 Å². The molecule has 2 N–H and O–H groups in total. The van der Waals surface area contributed by atoms with E-state index in [1.165, 1.54) is 0 Å². The molecule has 0 saturated carbocycles. The highest BCUT2D eigenvalue weighted by Gasteiger charge is 1.96. The Labute approximate surface area is 112 Å². The molecular formula is C9H17IN4S. The highest BCUT2D eigenvalue weighted by atomic mass is 127. The van der Waals surface area contributed by atoms with Crippen molar-refractivity contribution in [2.24, 2.45) is 4.99 Å². The van der Waals surface area contributed by atoms with E-state index in [-0.39, 0.29) is 24.0 Å². The summed E-state index contributed by atoms with van der Waals surface area (Å²) in [7, 11) is 0. The number of aliphatic imine (C=N–C) groups is 1. The summed E-state index contributed by atoms with van der Waals surface area (Å²) < 4.78 is 0. The summed E-state index contributed by atoms with van der Waals surface area (Å²) in [6.07, 6.45) is 1.80. The highest BCUT2D eigenvalue weighted by Crippen LogP contribution is 2.04. The van der Waals surface area contributed by atoms with Gasteiger partial charge in [0.25, 0.3) is 0 Å². The quantitative estimate of drug-likeness (QED) is 0.500. The normalized spacial score (nSPS) is 8.93. The van der Waals surface area contributed by atoms with Crippen molar-refractivity contribution in [3.63, 3.8) is 0 Å². The van der Waals surface area contributed by atoms with Gasteiger partial charge in [0.2, 0.25) is 0 Å². The third-order valence-electron chi connectivity index (χ3n) is 1.54. The molecule has 0 aromatic carbocycles. The first kappa shape index (κ1) is 14.6. The van der Waals surface area contributed by atoms with Gasteiger partial charge in [0, 0.05) is 24.7 Å². The number of rotatable bonds is 4. The zero-order valence-corrected chi connectivity index (χ0v) is 12.1. The van der Waals surface area contributed by atoms with Crippen molar-refractivity contribution in [2.75, 3.05) is 13.1 Å². The van der Waals surface area contributed by atoms with Gasteiger partial charge in [-0.05, 0) is 13.8 Å². The molecule has 4 nitrogen and oxygen atoms in total. The lowest BCUT2D eigenvalue weighted by Gasteiger charge is -2.08. The predicted octanol–water partition coefficient (Wildman–Crippen LogP) is 1.84. The fraction of sp³-hybridized carbons (Fsp3) is 0.556. The Balaban J connectivity index is 0.00000196. The molecule has 0 aliphatic rings. The topological polar surface area (TPSA) is 49.3 Å². The van der Waals surface area contributed by atoms with Crippen LogP contribution in [0.4, 0.5) is 0 Å². The van der Waals surface area contributed by atoms with Crippen molar-refractivity contribution in [2.45, 2.75) is 20.4 Å². The van der Waals surface area contributed by atoms with E-state index >= 15 is 0 Å². The molecule has 0 bridgehead atoms. The van der Waals surface area contributed by atoms with Gasteiger partial charge in [0.1, 0.15) is 5.01 Å². The molecule has 0 spiro atoms. The van der Waals surface area contributed by atoms with Crippen molar-refractivity contribution >= 4 is 41.3 Å². The minimum atomic E-state index is 0. The smallest absolute Gasteiger partial charge is 0.191 e. The van der Waals surface area contributed by atoms with Crippen LogP contribution in [0.1, 0.15) is 18.9 Å². The Morgan fingerprint density at radius 3 is 2.53 bits per heavy atom. The maximum atomic E-state index is 4.39. The van der Waals surface area contributed by atoms with Crippen LogP contribution in [0.2, 0.25) is 0 Å². The van der Waals surface area contributed by atoms with E-state index in [1.54, 1.807) is 17.5 Å². The Morgan fingerprint density at radius 1 is 1.40 bits per heavy atom. The summed E-state index contributed by atoms with van der Waals surface area (Å²) in [6, 6.07) is 0. The van der Waals surface area contributed by atoms with Gasteiger partial charge in [-0.3, -0.25) is 0 Å². The van der Waals surface area contributed by atoms with Crippen LogP contribution in [-0.2, 0) is 6.54 Å². The lowest BCUT2D eigenvalue weighted by Crippen LogP contribution is -2.36. The first-order valence-corrected chi connectivity index (χ1v) is 5.65. The van der Waals surface area contributed by atoms with E-state index < -0.39 is 0 Å². The zero-order chi connectivity index (χ0) is 10.2. The average Bonchev–Trinajstić information content (AvgIpc) is 2.67. The fourth-order valence-electron chi connectivity index (χ4n) is 0.987. The number of thiazole rings is 1. The summed E-state index contributed by atoms with van der Waals surface area (Å²) in [6.45, 7) is 6.51. The Kier molecular flexibility index (Phi) is 8.68. The number of nitrogens with one attached hydrogen (secondary N) is 2. The molecule has 0 aliphatic heterocycles. The minimum Gasteiger partial charge on any atom is -0.357 e. The molecule has 1 heterocycles. The molecule has 0 radical (unpaired) electrons. The van der Waals surface area contributed by atoms with Crippen LogP contribution in [-0.4, -0.2) is 24.0 Å². The fourth-order valence-corrected chi connectivity index (χ4v) is 1.53. The highest BCUT2D eigenvalue weighted by molar-refractivity contribution is 14.0. The first-order valence-electron chi connectivity index (χ1n) is 4.77. The predicted molar refractivity (Wildman–Crippen MR) is 76.0 cm³/mol. The molecular weight excluding hydrogens is 323 g/mol. The van der Waals surface area contributed by atoms with E-state index in [1.807, 2.05) is 5.38 Å². The van der Waals surface area contributed by atoms with Crippen molar-refractivity contribution in [1.82, 2.24) is 15.6 Å². The Morgan fingerprint density at radius 2 is 2.07 bits per heavy atom. The summed E-state index contributed by atoms with van der Waals surface area (Å²) in [5.74, 6) is 0.852. The minimum absolute atomic E-state index is 0. The number of aromatic nitrogens is 1. The Hall–Kier alpha value is -0.370. The Bertz CT molecular complexity index is 266. The largest absolute Gasteiger partial charge is 0.357 e. The van der Waals surface area contributed by atoms with Crippen LogP contribution in [0, 0.1) is 0 Å². The molecule has 0 saturated heterocycles. The summed E-state index contributed by atoms with van der Waals surface area (Å²) >= 11 is 1.63. The molecule has 0 aliphatic carbocycles. The van der Waals surface area contributed by atoms with Crippen LogP contribution in [0.5, 0.6) is 0 Å². The van der Waals surface area contributed by atoms with E-state index in [4.69, 9.17) is 0 Å². The number of nitrogens with zero attached hydrogens (tertiary/aromatic N) is 2. The number of guanidine groups is 1. The molecule has 6 heteroatoms. The molecule has 0 unspecified atom stereocenters. The second kappa shape index (κ2) is 8.90. The standard InChI is InChI=1S/C9H16N4S.HI/c1-3-10-9(11-4-2)13-7-8-12-5-6-14-8;/h5-6H,3-4,7H2,1-2H3,(H2,10,11,13);1H. The van der Waals surface area contributed by atoms with E-state index in [0.717, 1.165) is 24.1 Å². The van der Waals surface area contributed by atoms with Crippen LogP contribution in [0.25, 0.3) is 0 Å². The number of hydrogen-bond acceptors (Lipinski definition) is 3. The lowest BCUT2D eigenvalue weighted by atomic mass is 10.6. The van der Waals surface area contributed by atoms with Gasteiger partial charge in [-0.25, -0.2) is 9.98 Å². The van der Waals surface area contributed by atoms with Crippen LogP contribution < -0.4 is 10.6 Å². The maximum absolute atomic E-state index is 4.39. The monoisotopic (exact) mass is 340 g/mol. The second-order valence-electron chi connectivity index (χ2n) is 2.65. The van der Waals surface area contributed by atoms with Gasteiger partial charge < -0.3 is 10.6 Å². The van der Waals surface area contributed by atoms with E-state index in [2.05, 4.69) is 34.5 Å². The molecule has 1 aromatic heterocycles. The van der Waals surface area contributed by atoms with Crippen molar-refractivity contribution in [3.05, 3.63) is 16.6 Å². The van der Waals surface area contributed by atoms with Gasteiger partial charge in [-0.2, -0.15) is 0 Å². The number of halogens is 1. The first-order chi connectivity index (χ1) is 6.86. The SMILES string of the molecule is CCNC(=NCc1nccs1)NCC.I. The molecule has 1 rings (SSSR count). The zero-order valence-electron chi connectivity index (χ0n) is 8.99. The molecule has 1 aromatic rings. The summed E-state index contributed by atoms with van der Waals surface area (Å²) in [4.78, 5) is 8.55. The number of hydrogen-bond donors (Lipinski definition) is 2. The van der Waals surface area contributed by atoms with E-state index in [9.17, 15) is 0 Å². The molecule has 0 atom stereocenters. The van der Waals surface area contributed by atoms with Gasteiger partial charge in [0.05, 0.1) is 6.54 Å². The van der Waals surface area contributed by atoms with Crippen LogP contribution >= 0.6 is 35.3 Å². The van der Waals surface area contributed by atoms with Gasteiger partial charge in [-0.1, -0.05) is 0 Å². The van der Waals surface area contributed by atoms with Crippen LogP contribution in [0.15, 0.2) is 16.6 Å². The second-order valence-corrected chi connectivity index (χ2v) is 3.63. The van der Waals surface area contributed by atoms with Crippen molar-refractivity contribution in [1.29, 1.82) is 0 Å². The average molecular weight is 340 g/mol. The molecule has 15 heavy (non-hydrogen) atoms. The van der Waals surface area contributed by atoms with Crippen LogP contribution in [0.3, 0.4) is 0 Å². The summed E-state index contributed by atoms with van der Waals surface area (Å²) in [5.41, 5.74) is 0. The molecule has 0 fully saturated rings. The van der Waals surface area contributed by atoms with Gasteiger partial charge in [-0.15, -0.1) is 35.3 Å². The molecule has 86 valence electrons. The molecule has 0 amide bonds. The third kappa shape index (κ3) is 5.93. The maximum Gasteiger partial charge on any atom is 0.191 e. The van der Waals surface area contributed by atoms with E-state index in [0.29, 0.717) is 6.54 Å². The van der Waals surface area contributed by atoms with Crippen molar-refractivity contribution in [3.8, 4) is 0 Å².